The first kappa shape index (κ1) is 8.78. The van der Waals surface area contributed by atoms with Crippen LogP contribution in [0, 0.1) is 5.92 Å². The molecule has 1 aromatic heterocycles. The van der Waals surface area contributed by atoms with Gasteiger partial charge in [-0.1, -0.05) is 13.8 Å². The summed E-state index contributed by atoms with van der Waals surface area (Å²) in [6, 6.07) is 2.43. The maximum atomic E-state index is 4.27. The molecule has 3 heteroatoms. The minimum Gasteiger partial charge on any atom is -0.269 e. The SMILES string of the molecule is CC(C)C(C)n1ccc(Br)n1. The van der Waals surface area contributed by atoms with Gasteiger partial charge in [-0.25, -0.2) is 0 Å². The molecule has 2 nitrogen and oxygen atoms in total. The monoisotopic (exact) mass is 216 g/mol. The Hall–Kier alpha value is -0.310. The molecule has 1 atom stereocenters. The first-order chi connectivity index (χ1) is 5.11. The van der Waals surface area contributed by atoms with E-state index in [0.717, 1.165) is 4.60 Å². The number of rotatable bonds is 2. The van der Waals surface area contributed by atoms with E-state index in [9.17, 15) is 0 Å². The second-order valence-corrected chi connectivity index (χ2v) is 3.92. The summed E-state index contributed by atoms with van der Waals surface area (Å²) in [5, 5.41) is 4.27. The van der Waals surface area contributed by atoms with Gasteiger partial charge < -0.3 is 0 Å². The van der Waals surface area contributed by atoms with Crippen molar-refractivity contribution in [1.82, 2.24) is 9.78 Å². The van der Waals surface area contributed by atoms with E-state index in [4.69, 9.17) is 0 Å². The lowest BCUT2D eigenvalue weighted by atomic mass is 10.1. The number of hydrogen-bond donors (Lipinski definition) is 0. The highest BCUT2D eigenvalue weighted by molar-refractivity contribution is 9.10. The van der Waals surface area contributed by atoms with Crippen LogP contribution in [0.5, 0.6) is 0 Å². The highest BCUT2D eigenvalue weighted by Crippen LogP contribution is 2.16. The van der Waals surface area contributed by atoms with E-state index < -0.39 is 0 Å². The predicted octanol–water partition coefficient (Wildman–Crippen LogP) is 2.86. The van der Waals surface area contributed by atoms with Gasteiger partial charge in [0.2, 0.25) is 0 Å². The molecule has 0 aliphatic rings. The molecule has 0 saturated heterocycles. The molecule has 0 aromatic carbocycles. The third-order valence-corrected chi connectivity index (χ3v) is 2.38. The molecule has 0 spiro atoms. The average molecular weight is 217 g/mol. The normalized spacial score (nSPS) is 13.9. The minimum atomic E-state index is 0.473. The van der Waals surface area contributed by atoms with Gasteiger partial charge in [-0.3, -0.25) is 4.68 Å². The van der Waals surface area contributed by atoms with Gasteiger partial charge in [0.1, 0.15) is 4.60 Å². The van der Waals surface area contributed by atoms with E-state index in [0.29, 0.717) is 12.0 Å². The molecule has 0 radical (unpaired) electrons. The van der Waals surface area contributed by atoms with Crippen molar-refractivity contribution in [2.24, 2.45) is 5.92 Å². The Labute approximate surface area is 75.7 Å². The first-order valence-corrected chi connectivity index (χ1v) is 4.61. The zero-order valence-corrected chi connectivity index (χ0v) is 8.67. The quantitative estimate of drug-likeness (QED) is 0.744. The molecular formula is C8H13BrN2. The lowest BCUT2D eigenvalue weighted by molar-refractivity contribution is 0.374. The third-order valence-electron chi connectivity index (χ3n) is 1.96. The predicted molar refractivity (Wildman–Crippen MR) is 49.5 cm³/mol. The summed E-state index contributed by atoms with van der Waals surface area (Å²) >= 11 is 3.32. The molecule has 1 unspecified atom stereocenters. The molecular weight excluding hydrogens is 204 g/mol. The lowest BCUT2D eigenvalue weighted by Crippen LogP contribution is -2.11. The maximum absolute atomic E-state index is 4.27. The van der Waals surface area contributed by atoms with Crippen molar-refractivity contribution in [3.63, 3.8) is 0 Å². The van der Waals surface area contributed by atoms with Crippen molar-refractivity contribution in [3.05, 3.63) is 16.9 Å². The van der Waals surface area contributed by atoms with Gasteiger partial charge in [0.05, 0.1) is 6.04 Å². The van der Waals surface area contributed by atoms with Crippen LogP contribution >= 0.6 is 15.9 Å². The van der Waals surface area contributed by atoms with Crippen molar-refractivity contribution in [3.8, 4) is 0 Å². The van der Waals surface area contributed by atoms with Crippen molar-refractivity contribution in [2.75, 3.05) is 0 Å². The molecule has 0 amide bonds. The topological polar surface area (TPSA) is 17.8 Å². The smallest absolute Gasteiger partial charge is 0.128 e. The largest absolute Gasteiger partial charge is 0.269 e. The Morgan fingerprint density at radius 1 is 1.45 bits per heavy atom. The van der Waals surface area contributed by atoms with Crippen molar-refractivity contribution in [1.29, 1.82) is 0 Å². The second kappa shape index (κ2) is 3.39. The molecule has 0 aliphatic heterocycles. The van der Waals surface area contributed by atoms with E-state index in [2.05, 4.69) is 41.8 Å². The molecule has 0 saturated carbocycles. The van der Waals surface area contributed by atoms with Crippen molar-refractivity contribution >= 4 is 15.9 Å². The van der Waals surface area contributed by atoms with Crippen LogP contribution in [0.25, 0.3) is 0 Å². The molecule has 1 aromatic rings. The summed E-state index contributed by atoms with van der Waals surface area (Å²) in [6.07, 6.45) is 1.99. The fourth-order valence-corrected chi connectivity index (χ4v) is 1.15. The van der Waals surface area contributed by atoms with Gasteiger partial charge in [-0.05, 0) is 34.8 Å². The minimum absolute atomic E-state index is 0.473. The summed E-state index contributed by atoms with van der Waals surface area (Å²) < 4.78 is 2.89. The molecule has 0 bridgehead atoms. The molecule has 1 rings (SSSR count). The molecule has 1 heterocycles. The van der Waals surface area contributed by atoms with E-state index >= 15 is 0 Å². The summed E-state index contributed by atoms with van der Waals surface area (Å²) in [6.45, 7) is 6.56. The van der Waals surface area contributed by atoms with Crippen LogP contribution in [0.3, 0.4) is 0 Å². The molecule has 0 N–H and O–H groups in total. The molecule has 11 heavy (non-hydrogen) atoms. The summed E-state index contributed by atoms with van der Waals surface area (Å²) in [5.41, 5.74) is 0. The second-order valence-electron chi connectivity index (χ2n) is 3.10. The van der Waals surface area contributed by atoms with E-state index in [1.165, 1.54) is 0 Å². The van der Waals surface area contributed by atoms with Crippen LogP contribution in [-0.2, 0) is 0 Å². The average Bonchev–Trinajstić information content (AvgIpc) is 2.34. The number of hydrogen-bond acceptors (Lipinski definition) is 1. The number of halogens is 1. The Bertz CT molecular complexity index is 230. The van der Waals surface area contributed by atoms with Crippen LogP contribution in [-0.4, -0.2) is 9.78 Å². The number of aromatic nitrogens is 2. The highest BCUT2D eigenvalue weighted by Gasteiger charge is 2.09. The Morgan fingerprint density at radius 3 is 2.45 bits per heavy atom. The molecule has 62 valence electrons. The Kier molecular flexibility index (Phi) is 2.71. The van der Waals surface area contributed by atoms with Gasteiger partial charge in [-0.15, -0.1) is 0 Å². The summed E-state index contributed by atoms with van der Waals surface area (Å²) in [4.78, 5) is 0. The lowest BCUT2D eigenvalue weighted by Gasteiger charge is -2.15. The summed E-state index contributed by atoms with van der Waals surface area (Å²) in [5.74, 6) is 0.627. The number of nitrogens with zero attached hydrogens (tertiary/aromatic N) is 2. The van der Waals surface area contributed by atoms with Gasteiger partial charge >= 0.3 is 0 Å². The van der Waals surface area contributed by atoms with E-state index in [1.54, 1.807) is 0 Å². The van der Waals surface area contributed by atoms with Gasteiger partial charge in [0.15, 0.2) is 0 Å². The van der Waals surface area contributed by atoms with Crippen LogP contribution in [0.2, 0.25) is 0 Å². The van der Waals surface area contributed by atoms with Gasteiger partial charge in [-0.2, -0.15) is 5.10 Å². The van der Waals surface area contributed by atoms with Crippen molar-refractivity contribution in [2.45, 2.75) is 26.8 Å². The third kappa shape index (κ3) is 2.06. The molecule has 0 fully saturated rings. The van der Waals surface area contributed by atoms with Gasteiger partial charge in [0, 0.05) is 6.20 Å². The van der Waals surface area contributed by atoms with Crippen molar-refractivity contribution < 1.29 is 0 Å². The fourth-order valence-electron chi connectivity index (χ4n) is 0.847. The Morgan fingerprint density at radius 2 is 2.09 bits per heavy atom. The standard InChI is InChI=1S/C8H13BrN2/c1-6(2)7(3)11-5-4-8(9)10-11/h4-7H,1-3H3. The fraction of sp³-hybridized carbons (Fsp3) is 0.625. The van der Waals surface area contributed by atoms with Crippen LogP contribution < -0.4 is 0 Å². The maximum Gasteiger partial charge on any atom is 0.128 e. The van der Waals surface area contributed by atoms with E-state index in [1.807, 2.05) is 16.9 Å². The first-order valence-electron chi connectivity index (χ1n) is 3.82. The van der Waals surface area contributed by atoms with Gasteiger partial charge in [0.25, 0.3) is 0 Å². The zero-order chi connectivity index (χ0) is 8.43. The van der Waals surface area contributed by atoms with Crippen LogP contribution in [0.15, 0.2) is 16.9 Å². The van der Waals surface area contributed by atoms with E-state index in [-0.39, 0.29) is 0 Å². The summed E-state index contributed by atoms with van der Waals surface area (Å²) in [7, 11) is 0. The van der Waals surface area contributed by atoms with Crippen LogP contribution in [0.4, 0.5) is 0 Å². The molecule has 0 aliphatic carbocycles. The zero-order valence-electron chi connectivity index (χ0n) is 7.08. The van der Waals surface area contributed by atoms with Crippen LogP contribution in [0.1, 0.15) is 26.8 Å². The Balaban J connectivity index is 2.76. The highest BCUT2D eigenvalue weighted by atomic mass is 79.9.